The highest BCUT2D eigenvalue weighted by Crippen LogP contribution is 2.41. The van der Waals surface area contributed by atoms with Gasteiger partial charge in [0.05, 0.1) is 5.69 Å². The summed E-state index contributed by atoms with van der Waals surface area (Å²) >= 11 is 0. The van der Waals surface area contributed by atoms with Gasteiger partial charge in [-0.05, 0) is 45.4 Å². The van der Waals surface area contributed by atoms with E-state index in [0.29, 0.717) is 23.3 Å². The van der Waals surface area contributed by atoms with E-state index >= 15 is 0 Å². The predicted octanol–water partition coefficient (Wildman–Crippen LogP) is 3.25. The second kappa shape index (κ2) is 7.37. The van der Waals surface area contributed by atoms with Crippen LogP contribution in [0.3, 0.4) is 0 Å². The van der Waals surface area contributed by atoms with Gasteiger partial charge in [0.1, 0.15) is 18.5 Å². The highest BCUT2D eigenvalue weighted by atomic mass is 19.1. The summed E-state index contributed by atoms with van der Waals surface area (Å²) in [5.41, 5.74) is 2.78. The third-order valence-corrected chi connectivity index (χ3v) is 5.88. The number of hydrogen-bond acceptors (Lipinski definition) is 6. The molecule has 0 N–H and O–H groups in total. The molecule has 2 fully saturated rings. The van der Waals surface area contributed by atoms with Crippen molar-refractivity contribution in [3.8, 4) is 0 Å². The number of rotatable bonds is 5. The fourth-order valence-electron chi connectivity index (χ4n) is 3.93. The molecule has 1 saturated carbocycles. The van der Waals surface area contributed by atoms with E-state index in [4.69, 9.17) is 0 Å². The summed E-state index contributed by atoms with van der Waals surface area (Å²) in [4.78, 5) is 21.4. The molecular weight excluding hydrogens is 343 g/mol. The molecule has 7 heteroatoms. The minimum Gasteiger partial charge on any atom is -0.357 e. The summed E-state index contributed by atoms with van der Waals surface area (Å²) in [6.45, 7) is 6.85. The highest BCUT2D eigenvalue weighted by molar-refractivity contribution is 5.48. The van der Waals surface area contributed by atoms with Crippen LogP contribution in [0.1, 0.15) is 48.6 Å². The first kappa shape index (κ1) is 18.1. The lowest BCUT2D eigenvalue weighted by molar-refractivity contribution is 0.404. The third kappa shape index (κ3) is 3.73. The Balaban J connectivity index is 1.38. The molecule has 0 amide bonds. The van der Waals surface area contributed by atoms with Gasteiger partial charge < -0.3 is 9.80 Å². The second-order valence-corrected chi connectivity index (χ2v) is 7.89. The lowest BCUT2D eigenvalue weighted by atomic mass is 9.96. The Kier molecular flexibility index (Phi) is 4.93. The summed E-state index contributed by atoms with van der Waals surface area (Å²) in [7, 11) is 1.94. The SMILES string of the molecule is Cc1ncnc(N2CCC(CN(C)c3ncnc(C4CC4)c3F)CC2)c1C. The molecule has 1 saturated heterocycles. The summed E-state index contributed by atoms with van der Waals surface area (Å²) in [5.74, 6) is 2.07. The van der Waals surface area contributed by atoms with Gasteiger partial charge in [-0.1, -0.05) is 0 Å². The van der Waals surface area contributed by atoms with Gasteiger partial charge in [-0.15, -0.1) is 0 Å². The van der Waals surface area contributed by atoms with E-state index in [0.717, 1.165) is 62.4 Å². The van der Waals surface area contributed by atoms with E-state index in [2.05, 4.69) is 31.8 Å². The van der Waals surface area contributed by atoms with Gasteiger partial charge in [0.15, 0.2) is 11.6 Å². The molecule has 2 aromatic heterocycles. The Hall–Kier alpha value is -2.31. The minimum absolute atomic E-state index is 0.230. The van der Waals surface area contributed by atoms with Crippen LogP contribution < -0.4 is 9.80 Å². The first-order chi connectivity index (χ1) is 13.0. The summed E-state index contributed by atoms with van der Waals surface area (Å²) in [5, 5.41) is 0. The molecule has 1 aliphatic carbocycles. The molecule has 0 aromatic carbocycles. The second-order valence-electron chi connectivity index (χ2n) is 7.89. The summed E-state index contributed by atoms with van der Waals surface area (Å²) in [6.07, 6.45) is 7.36. The van der Waals surface area contributed by atoms with Crippen LogP contribution in [0.5, 0.6) is 0 Å². The average molecular weight is 370 g/mol. The van der Waals surface area contributed by atoms with E-state index in [9.17, 15) is 4.39 Å². The largest absolute Gasteiger partial charge is 0.357 e. The van der Waals surface area contributed by atoms with Crippen LogP contribution in [-0.4, -0.2) is 46.6 Å². The molecule has 4 rings (SSSR count). The van der Waals surface area contributed by atoms with Crippen LogP contribution in [-0.2, 0) is 0 Å². The van der Waals surface area contributed by atoms with E-state index in [1.807, 2.05) is 18.9 Å². The molecule has 0 radical (unpaired) electrons. The maximum atomic E-state index is 14.7. The van der Waals surface area contributed by atoms with Gasteiger partial charge in [0, 0.05) is 43.9 Å². The number of hydrogen-bond donors (Lipinski definition) is 0. The molecule has 144 valence electrons. The van der Waals surface area contributed by atoms with E-state index in [-0.39, 0.29) is 5.82 Å². The topological polar surface area (TPSA) is 58.0 Å². The summed E-state index contributed by atoms with van der Waals surface area (Å²) in [6, 6.07) is 0. The minimum atomic E-state index is -0.230. The van der Waals surface area contributed by atoms with Crippen LogP contribution in [0.4, 0.5) is 16.0 Å². The third-order valence-electron chi connectivity index (χ3n) is 5.88. The number of nitrogens with zero attached hydrogens (tertiary/aromatic N) is 6. The normalized spacial score (nSPS) is 18.0. The molecule has 27 heavy (non-hydrogen) atoms. The Morgan fingerprint density at radius 1 is 1.04 bits per heavy atom. The standard InChI is InChI=1S/C20H27FN6/c1-13-14(2)22-11-24-19(13)27-8-6-15(7-9-27)10-26(3)20-17(21)18(16-4-5-16)23-12-25-20/h11-12,15-16H,4-10H2,1-3H3. The highest BCUT2D eigenvalue weighted by Gasteiger charge is 2.31. The smallest absolute Gasteiger partial charge is 0.187 e. The van der Waals surface area contributed by atoms with Gasteiger partial charge >= 0.3 is 0 Å². The van der Waals surface area contributed by atoms with Crippen molar-refractivity contribution in [1.82, 2.24) is 19.9 Å². The van der Waals surface area contributed by atoms with Crippen molar-refractivity contribution in [1.29, 1.82) is 0 Å². The molecule has 1 aliphatic heterocycles. The number of aryl methyl sites for hydroxylation is 1. The van der Waals surface area contributed by atoms with Crippen molar-refractivity contribution in [2.75, 3.05) is 36.5 Å². The van der Waals surface area contributed by atoms with Crippen molar-refractivity contribution in [2.45, 2.75) is 45.4 Å². The fourth-order valence-corrected chi connectivity index (χ4v) is 3.93. The Morgan fingerprint density at radius 3 is 2.44 bits per heavy atom. The molecular formula is C20H27FN6. The molecule has 6 nitrogen and oxygen atoms in total. The number of anilines is 2. The molecule has 0 unspecified atom stereocenters. The molecule has 2 aliphatic rings. The fraction of sp³-hybridized carbons (Fsp3) is 0.600. The first-order valence-electron chi connectivity index (χ1n) is 9.79. The number of halogens is 1. The molecule has 3 heterocycles. The van der Waals surface area contributed by atoms with Crippen molar-refractivity contribution >= 4 is 11.6 Å². The lowest BCUT2D eigenvalue weighted by Gasteiger charge is -2.35. The molecule has 0 atom stereocenters. The maximum Gasteiger partial charge on any atom is 0.187 e. The van der Waals surface area contributed by atoms with Gasteiger partial charge in [-0.25, -0.2) is 24.3 Å². The monoisotopic (exact) mass is 370 g/mol. The molecule has 2 aromatic rings. The van der Waals surface area contributed by atoms with Gasteiger partial charge in [-0.2, -0.15) is 0 Å². The van der Waals surface area contributed by atoms with Crippen molar-refractivity contribution in [2.24, 2.45) is 5.92 Å². The van der Waals surface area contributed by atoms with Crippen LogP contribution in [0, 0.1) is 25.6 Å². The zero-order valence-electron chi connectivity index (χ0n) is 16.3. The van der Waals surface area contributed by atoms with Crippen LogP contribution in [0.15, 0.2) is 12.7 Å². The van der Waals surface area contributed by atoms with E-state index in [1.165, 1.54) is 6.33 Å². The van der Waals surface area contributed by atoms with E-state index in [1.54, 1.807) is 6.33 Å². The Bertz CT molecular complexity index is 814. The van der Waals surface area contributed by atoms with Crippen molar-refractivity contribution in [3.05, 3.63) is 35.4 Å². The van der Waals surface area contributed by atoms with Gasteiger partial charge in [0.25, 0.3) is 0 Å². The van der Waals surface area contributed by atoms with Gasteiger partial charge in [0.2, 0.25) is 0 Å². The molecule has 0 bridgehead atoms. The predicted molar refractivity (Wildman–Crippen MR) is 104 cm³/mol. The Morgan fingerprint density at radius 2 is 1.74 bits per heavy atom. The van der Waals surface area contributed by atoms with E-state index < -0.39 is 0 Å². The molecule has 0 spiro atoms. The van der Waals surface area contributed by atoms with Crippen molar-refractivity contribution < 1.29 is 4.39 Å². The number of aromatic nitrogens is 4. The van der Waals surface area contributed by atoms with Crippen LogP contribution in [0.25, 0.3) is 0 Å². The van der Waals surface area contributed by atoms with Crippen LogP contribution >= 0.6 is 0 Å². The number of piperidine rings is 1. The zero-order chi connectivity index (χ0) is 19.0. The van der Waals surface area contributed by atoms with Crippen molar-refractivity contribution in [3.63, 3.8) is 0 Å². The van der Waals surface area contributed by atoms with Crippen LogP contribution in [0.2, 0.25) is 0 Å². The lowest BCUT2D eigenvalue weighted by Crippen LogP contribution is -2.39. The summed E-state index contributed by atoms with van der Waals surface area (Å²) < 4.78 is 14.7. The first-order valence-corrected chi connectivity index (χ1v) is 9.79. The maximum absolute atomic E-state index is 14.7. The quantitative estimate of drug-likeness (QED) is 0.805. The zero-order valence-corrected chi connectivity index (χ0v) is 16.3. The average Bonchev–Trinajstić information content (AvgIpc) is 3.50. The Labute approximate surface area is 159 Å². The van der Waals surface area contributed by atoms with Gasteiger partial charge in [-0.3, -0.25) is 0 Å².